The van der Waals surface area contributed by atoms with Crippen LogP contribution < -0.4 is 0 Å². The third kappa shape index (κ3) is 76.3. The number of carbonyl (C=O) groups is 4. The minimum Gasteiger partial charge on any atom is -0.462 e. The van der Waals surface area contributed by atoms with Gasteiger partial charge in [0.15, 0.2) is 12.2 Å². The Morgan fingerprint density at radius 2 is 0.392 bits per heavy atom. The van der Waals surface area contributed by atoms with Crippen molar-refractivity contribution in [1.82, 2.24) is 0 Å². The molecular weight excluding hydrogens is 1330 g/mol. The third-order valence-electron chi connectivity index (χ3n) is 19.6. The molecule has 0 saturated heterocycles. The van der Waals surface area contributed by atoms with E-state index in [-0.39, 0.29) is 25.7 Å². The number of phosphoric ester groups is 2. The number of carbonyl (C=O) groups excluding carboxylic acids is 4. The minimum absolute atomic E-state index is 0.108. The van der Waals surface area contributed by atoms with Gasteiger partial charge in [0, 0.05) is 25.7 Å². The van der Waals surface area contributed by atoms with Crippen LogP contribution in [0.1, 0.15) is 451 Å². The van der Waals surface area contributed by atoms with Gasteiger partial charge in [-0.3, -0.25) is 37.3 Å². The van der Waals surface area contributed by atoms with Crippen molar-refractivity contribution in [3.05, 3.63) is 0 Å². The van der Waals surface area contributed by atoms with E-state index in [2.05, 4.69) is 27.7 Å². The normalized spacial score (nSPS) is 13.8. The molecular formula is C83H162O17P2. The lowest BCUT2D eigenvalue weighted by Crippen LogP contribution is -2.30. The summed E-state index contributed by atoms with van der Waals surface area (Å²) in [6.45, 7) is 5.04. The molecule has 3 N–H and O–H groups in total. The van der Waals surface area contributed by atoms with Gasteiger partial charge in [-0.05, 0) is 25.7 Å². The number of esters is 4. The number of aliphatic hydroxyl groups excluding tert-OH is 1. The molecule has 0 heterocycles. The Bertz CT molecular complexity index is 1930. The van der Waals surface area contributed by atoms with Gasteiger partial charge in [-0.25, -0.2) is 9.13 Å². The quantitative estimate of drug-likeness (QED) is 0.0222. The van der Waals surface area contributed by atoms with E-state index in [0.717, 1.165) is 89.9 Å². The van der Waals surface area contributed by atoms with Gasteiger partial charge in [0.1, 0.15) is 19.3 Å². The number of phosphoric acid groups is 2. The first-order chi connectivity index (χ1) is 49.7. The van der Waals surface area contributed by atoms with E-state index in [9.17, 15) is 43.2 Å². The maximum absolute atomic E-state index is 13.1. The van der Waals surface area contributed by atoms with Gasteiger partial charge in [0.25, 0.3) is 0 Å². The highest BCUT2D eigenvalue weighted by atomic mass is 31.2. The topological polar surface area (TPSA) is 237 Å². The van der Waals surface area contributed by atoms with Crippen LogP contribution >= 0.6 is 15.6 Å². The van der Waals surface area contributed by atoms with Crippen molar-refractivity contribution in [2.24, 2.45) is 0 Å². The van der Waals surface area contributed by atoms with Crippen LogP contribution in [0, 0.1) is 0 Å². The Morgan fingerprint density at radius 3 is 0.578 bits per heavy atom. The second-order valence-corrected chi connectivity index (χ2v) is 32.8. The summed E-state index contributed by atoms with van der Waals surface area (Å²) in [6, 6.07) is 0. The third-order valence-corrected chi connectivity index (χ3v) is 21.5. The molecule has 0 bridgehead atoms. The van der Waals surface area contributed by atoms with E-state index in [1.807, 2.05) is 0 Å². The predicted molar refractivity (Wildman–Crippen MR) is 419 cm³/mol. The standard InChI is InChI=1S/C83H162O17P2/c1-5-9-13-17-21-25-29-33-35-37-39-40-42-44-46-50-54-58-62-66-70-83(88)100-79(74-94-81(86)68-64-60-56-52-49-45-43-41-38-36-34-30-26-22-18-14-10-6-2)76-98-102(91,92)96-72-77(84)71-95-101(89,90)97-75-78(99-82(87)69-65-61-57-53-48-32-28-24-20-16-12-8-4)73-93-80(85)67-63-59-55-51-47-31-27-23-19-15-11-7-3/h77-79,84H,5-76H2,1-4H3,(H,89,90)(H,91,92)/t77-,78+,79+/m0/s1. The molecule has 102 heavy (non-hydrogen) atoms. The van der Waals surface area contributed by atoms with Crippen molar-refractivity contribution >= 4 is 39.5 Å². The van der Waals surface area contributed by atoms with Gasteiger partial charge < -0.3 is 33.8 Å². The SMILES string of the molecule is CCCCCCCCCCCCCCCCCCCCCCC(=O)O[C@H](COC(=O)CCCCCCCCCCCCCCCCCCCC)COP(=O)(O)OC[C@@H](O)COP(=O)(O)OC[C@@H](COC(=O)CCCCCCCCCCCCCC)OC(=O)CCCCCCCCCCCCCC. The van der Waals surface area contributed by atoms with E-state index in [1.54, 1.807) is 0 Å². The first-order valence-electron chi connectivity index (χ1n) is 43.3. The van der Waals surface area contributed by atoms with Crippen LogP contribution in [0.2, 0.25) is 0 Å². The Kier molecular flexibility index (Phi) is 75.8. The van der Waals surface area contributed by atoms with Gasteiger partial charge in [-0.15, -0.1) is 0 Å². The molecule has 0 aliphatic carbocycles. The fourth-order valence-electron chi connectivity index (χ4n) is 13.0. The zero-order chi connectivity index (χ0) is 74.6. The summed E-state index contributed by atoms with van der Waals surface area (Å²) in [5.41, 5.74) is 0. The number of rotatable bonds is 84. The van der Waals surface area contributed by atoms with E-state index >= 15 is 0 Å². The molecule has 0 saturated carbocycles. The van der Waals surface area contributed by atoms with Gasteiger partial charge in [-0.1, -0.05) is 400 Å². The molecule has 19 heteroatoms. The summed E-state index contributed by atoms with van der Waals surface area (Å²) in [4.78, 5) is 73.1. The fourth-order valence-corrected chi connectivity index (χ4v) is 14.6. The number of unbranched alkanes of at least 4 members (excludes halogenated alkanes) is 58. The summed E-state index contributed by atoms with van der Waals surface area (Å²) < 4.78 is 68.8. The van der Waals surface area contributed by atoms with Crippen molar-refractivity contribution in [3.63, 3.8) is 0 Å². The lowest BCUT2D eigenvalue weighted by Gasteiger charge is -2.21. The second-order valence-electron chi connectivity index (χ2n) is 29.9. The average molecular weight is 1490 g/mol. The Labute approximate surface area is 626 Å². The molecule has 17 nitrogen and oxygen atoms in total. The number of aliphatic hydroxyl groups is 1. The van der Waals surface area contributed by atoms with Crippen LogP contribution in [-0.4, -0.2) is 96.7 Å². The monoisotopic (exact) mass is 1490 g/mol. The van der Waals surface area contributed by atoms with Crippen LogP contribution in [0.5, 0.6) is 0 Å². The lowest BCUT2D eigenvalue weighted by atomic mass is 10.0. The van der Waals surface area contributed by atoms with Crippen molar-refractivity contribution in [2.75, 3.05) is 39.6 Å². The van der Waals surface area contributed by atoms with Crippen LogP contribution in [0.15, 0.2) is 0 Å². The summed E-state index contributed by atoms with van der Waals surface area (Å²) in [5.74, 6) is -2.10. The maximum Gasteiger partial charge on any atom is 0.472 e. The molecule has 0 aromatic rings. The summed E-state index contributed by atoms with van der Waals surface area (Å²) in [5, 5.41) is 10.7. The highest BCUT2D eigenvalue weighted by molar-refractivity contribution is 7.47. The number of hydrogen-bond donors (Lipinski definition) is 3. The summed E-state index contributed by atoms with van der Waals surface area (Å²) >= 11 is 0. The molecule has 0 spiro atoms. The van der Waals surface area contributed by atoms with Crippen LogP contribution in [0.4, 0.5) is 0 Å². The first-order valence-corrected chi connectivity index (χ1v) is 46.3. The summed E-state index contributed by atoms with van der Waals surface area (Å²) in [7, 11) is -9.92. The zero-order valence-corrected chi connectivity index (χ0v) is 68.4. The Hall–Kier alpha value is -1.94. The molecule has 5 atom stereocenters. The van der Waals surface area contributed by atoms with Gasteiger partial charge in [0.05, 0.1) is 26.4 Å². The van der Waals surface area contributed by atoms with Crippen LogP contribution in [0.3, 0.4) is 0 Å². The molecule has 0 aromatic heterocycles. The predicted octanol–water partition coefficient (Wildman–Crippen LogP) is 25.4. The van der Waals surface area contributed by atoms with E-state index in [4.69, 9.17) is 37.0 Å². The molecule has 0 aliphatic heterocycles. The van der Waals surface area contributed by atoms with Gasteiger partial charge >= 0.3 is 39.5 Å². The Morgan fingerprint density at radius 1 is 0.235 bits per heavy atom. The molecule has 606 valence electrons. The summed E-state index contributed by atoms with van der Waals surface area (Å²) in [6.07, 6.45) is 70.7. The van der Waals surface area contributed by atoms with E-state index < -0.39 is 97.5 Å². The van der Waals surface area contributed by atoms with Crippen molar-refractivity contribution < 1.29 is 80.2 Å². The highest BCUT2D eigenvalue weighted by Crippen LogP contribution is 2.45. The average Bonchev–Trinajstić information content (AvgIpc) is 0.925. The maximum atomic E-state index is 13.1. The molecule has 0 fully saturated rings. The zero-order valence-electron chi connectivity index (χ0n) is 66.6. The first kappa shape index (κ1) is 100. The molecule has 0 amide bonds. The highest BCUT2D eigenvalue weighted by Gasteiger charge is 2.30. The molecule has 0 aliphatic rings. The van der Waals surface area contributed by atoms with Gasteiger partial charge in [0.2, 0.25) is 0 Å². The molecule has 0 radical (unpaired) electrons. The molecule has 0 aromatic carbocycles. The minimum atomic E-state index is -4.96. The lowest BCUT2D eigenvalue weighted by molar-refractivity contribution is -0.161. The molecule has 2 unspecified atom stereocenters. The molecule has 0 rings (SSSR count). The number of hydrogen-bond acceptors (Lipinski definition) is 15. The fraction of sp³-hybridized carbons (Fsp3) is 0.952. The Balaban J connectivity index is 5.23. The van der Waals surface area contributed by atoms with Crippen LogP contribution in [-0.2, 0) is 65.4 Å². The van der Waals surface area contributed by atoms with Crippen molar-refractivity contribution in [3.8, 4) is 0 Å². The largest absolute Gasteiger partial charge is 0.472 e. The van der Waals surface area contributed by atoms with E-state index in [1.165, 1.54) is 283 Å². The number of ether oxygens (including phenoxy) is 4. The second kappa shape index (κ2) is 77.2. The van der Waals surface area contributed by atoms with Gasteiger partial charge in [-0.2, -0.15) is 0 Å². The van der Waals surface area contributed by atoms with Crippen molar-refractivity contribution in [1.29, 1.82) is 0 Å². The van der Waals surface area contributed by atoms with E-state index in [0.29, 0.717) is 25.7 Å². The van der Waals surface area contributed by atoms with Crippen molar-refractivity contribution in [2.45, 2.75) is 470 Å². The van der Waals surface area contributed by atoms with Crippen LogP contribution in [0.25, 0.3) is 0 Å². The smallest absolute Gasteiger partial charge is 0.462 e.